The first kappa shape index (κ1) is 7.55. The molecule has 0 bridgehead atoms. The maximum atomic E-state index is 5.69. The molecule has 0 spiro atoms. The second-order valence-electron chi connectivity index (χ2n) is 3.06. The lowest BCUT2D eigenvalue weighted by Gasteiger charge is -2.13. The van der Waals surface area contributed by atoms with Gasteiger partial charge in [-0.2, -0.15) is 0 Å². The summed E-state index contributed by atoms with van der Waals surface area (Å²) in [5, 5.41) is 0. The highest BCUT2D eigenvalue weighted by Gasteiger charge is 2.05. The molecule has 0 heterocycles. The lowest BCUT2D eigenvalue weighted by molar-refractivity contribution is 0.716. The highest BCUT2D eigenvalue weighted by atomic mass is 14.6. The van der Waals surface area contributed by atoms with E-state index in [2.05, 4.69) is 25.2 Å². The van der Waals surface area contributed by atoms with Gasteiger partial charge in [-0.3, -0.25) is 0 Å². The fraction of sp³-hybridized carbons (Fsp3) is 0.556. The molecule has 56 valence electrons. The monoisotopic (exact) mass is 137 g/mol. The van der Waals surface area contributed by atoms with Crippen molar-refractivity contribution in [2.24, 2.45) is 11.7 Å². The molecule has 0 aromatic heterocycles. The summed E-state index contributed by atoms with van der Waals surface area (Å²) < 4.78 is 0. The van der Waals surface area contributed by atoms with Crippen LogP contribution in [0, 0.1) is 5.92 Å². The summed E-state index contributed by atoms with van der Waals surface area (Å²) in [6.45, 7) is 4.23. The third-order valence-electron chi connectivity index (χ3n) is 1.87. The average molecular weight is 137 g/mol. The first-order valence-electron chi connectivity index (χ1n) is 3.84. The molecule has 2 atom stereocenters. The molecule has 1 nitrogen and oxygen atoms in total. The van der Waals surface area contributed by atoms with Gasteiger partial charge in [-0.05, 0) is 24.8 Å². The van der Waals surface area contributed by atoms with E-state index < -0.39 is 0 Å². The van der Waals surface area contributed by atoms with Gasteiger partial charge in [-0.1, -0.05) is 25.2 Å². The number of rotatable bonds is 1. The molecule has 0 aliphatic heterocycles. The van der Waals surface area contributed by atoms with Crippen LogP contribution in [0.15, 0.2) is 23.8 Å². The van der Waals surface area contributed by atoms with Crippen LogP contribution in [0.4, 0.5) is 0 Å². The van der Waals surface area contributed by atoms with Gasteiger partial charge in [0.25, 0.3) is 0 Å². The second-order valence-corrected chi connectivity index (χ2v) is 3.06. The van der Waals surface area contributed by atoms with Crippen LogP contribution in [0.3, 0.4) is 0 Å². The van der Waals surface area contributed by atoms with Crippen LogP contribution in [0.25, 0.3) is 0 Å². The van der Waals surface area contributed by atoms with Crippen LogP contribution in [-0.4, -0.2) is 6.04 Å². The van der Waals surface area contributed by atoms with E-state index in [0.29, 0.717) is 5.92 Å². The van der Waals surface area contributed by atoms with Gasteiger partial charge < -0.3 is 5.73 Å². The van der Waals surface area contributed by atoms with Crippen molar-refractivity contribution >= 4 is 0 Å². The van der Waals surface area contributed by atoms with E-state index in [1.807, 2.05) is 6.92 Å². The van der Waals surface area contributed by atoms with E-state index in [9.17, 15) is 0 Å². The summed E-state index contributed by atoms with van der Waals surface area (Å²) in [7, 11) is 0. The molecule has 2 N–H and O–H groups in total. The normalized spacial score (nSPS) is 27.9. The van der Waals surface area contributed by atoms with Crippen molar-refractivity contribution in [3.63, 3.8) is 0 Å². The van der Waals surface area contributed by atoms with Crippen LogP contribution in [0.5, 0.6) is 0 Å². The Bertz CT molecular complexity index is 166. The molecule has 1 aliphatic rings. The zero-order valence-corrected chi connectivity index (χ0v) is 6.67. The molecule has 0 aromatic carbocycles. The van der Waals surface area contributed by atoms with Gasteiger partial charge in [-0.25, -0.2) is 0 Å². The van der Waals surface area contributed by atoms with Gasteiger partial charge >= 0.3 is 0 Å². The highest BCUT2D eigenvalue weighted by Crippen LogP contribution is 2.16. The minimum absolute atomic E-state index is 0.198. The van der Waals surface area contributed by atoms with E-state index >= 15 is 0 Å². The molecule has 0 amide bonds. The molecule has 0 saturated heterocycles. The zero-order valence-electron chi connectivity index (χ0n) is 6.67. The zero-order chi connectivity index (χ0) is 7.56. The van der Waals surface area contributed by atoms with Crippen LogP contribution >= 0.6 is 0 Å². The quantitative estimate of drug-likeness (QED) is 0.586. The molecular formula is C9H15N. The third-order valence-corrected chi connectivity index (χ3v) is 1.87. The van der Waals surface area contributed by atoms with Crippen LogP contribution in [0.1, 0.15) is 20.3 Å². The van der Waals surface area contributed by atoms with Crippen molar-refractivity contribution < 1.29 is 0 Å². The smallest absolute Gasteiger partial charge is 0.0262 e. The third kappa shape index (κ3) is 1.71. The molecule has 1 rings (SSSR count). The van der Waals surface area contributed by atoms with Gasteiger partial charge in [0.1, 0.15) is 0 Å². The molecule has 0 aromatic rings. The van der Waals surface area contributed by atoms with Gasteiger partial charge in [-0.15, -0.1) is 0 Å². The summed E-state index contributed by atoms with van der Waals surface area (Å²) in [5.74, 6) is 0.697. The lowest BCUT2D eigenvalue weighted by Crippen LogP contribution is -2.18. The molecule has 1 aliphatic carbocycles. The Morgan fingerprint density at radius 1 is 1.70 bits per heavy atom. The van der Waals surface area contributed by atoms with Crippen molar-refractivity contribution in [1.82, 2.24) is 0 Å². The Labute approximate surface area is 62.6 Å². The van der Waals surface area contributed by atoms with Crippen molar-refractivity contribution in [3.8, 4) is 0 Å². The van der Waals surface area contributed by atoms with Crippen LogP contribution in [0.2, 0.25) is 0 Å². The van der Waals surface area contributed by atoms with E-state index in [1.165, 1.54) is 5.57 Å². The predicted octanol–water partition coefficient (Wildman–Crippen LogP) is 1.86. The summed E-state index contributed by atoms with van der Waals surface area (Å²) in [5.41, 5.74) is 6.97. The Balaban J connectivity index is 2.59. The first-order chi connectivity index (χ1) is 4.70. The average Bonchev–Trinajstić information content (AvgIpc) is 1.88. The van der Waals surface area contributed by atoms with Crippen LogP contribution in [-0.2, 0) is 0 Å². The number of hydrogen-bond acceptors (Lipinski definition) is 1. The highest BCUT2D eigenvalue weighted by molar-refractivity contribution is 5.27. The molecule has 1 unspecified atom stereocenters. The van der Waals surface area contributed by atoms with E-state index in [0.717, 1.165) is 6.42 Å². The summed E-state index contributed by atoms with van der Waals surface area (Å²) >= 11 is 0. The fourth-order valence-electron chi connectivity index (χ4n) is 1.08. The SMILES string of the molecule is CC1C=CC([C@@H](C)N)=CC1. The molecule has 0 fully saturated rings. The fourth-order valence-corrected chi connectivity index (χ4v) is 1.08. The van der Waals surface area contributed by atoms with Gasteiger partial charge in [0.2, 0.25) is 0 Å². The van der Waals surface area contributed by atoms with Gasteiger partial charge in [0.15, 0.2) is 0 Å². The molecular weight excluding hydrogens is 122 g/mol. The lowest BCUT2D eigenvalue weighted by atomic mass is 9.95. The Kier molecular flexibility index (Phi) is 2.28. The topological polar surface area (TPSA) is 26.0 Å². The van der Waals surface area contributed by atoms with Crippen molar-refractivity contribution in [1.29, 1.82) is 0 Å². The standard InChI is InChI=1S/C9H15N/c1-7-3-5-9(6-4-7)8(2)10/h3,5-8H,4,10H2,1-2H3/t7?,8-/m1/s1. The Morgan fingerprint density at radius 3 is 2.80 bits per heavy atom. The minimum atomic E-state index is 0.198. The minimum Gasteiger partial charge on any atom is -0.324 e. The molecule has 1 heteroatoms. The van der Waals surface area contributed by atoms with E-state index in [-0.39, 0.29) is 6.04 Å². The number of allylic oxidation sites excluding steroid dienone is 2. The molecule has 0 radical (unpaired) electrons. The predicted molar refractivity (Wildman–Crippen MR) is 44.7 cm³/mol. The summed E-state index contributed by atoms with van der Waals surface area (Å²) in [6, 6.07) is 0.198. The molecule has 10 heavy (non-hydrogen) atoms. The van der Waals surface area contributed by atoms with Crippen LogP contribution < -0.4 is 5.73 Å². The largest absolute Gasteiger partial charge is 0.324 e. The number of nitrogens with two attached hydrogens (primary N) is 1. The Morgan fingerprint density at radius 2 is 2.40 bits per heavy atom. The molecule has 0 saturated carbocycles. The maximum Gasteiger partial charge on any atom is 0.0262 e. The van der Waals surface area contributed by atoms with Gasteiger partial charge in [0, 0.05) is 6.04 Å². The van der Waals surface area contributed by atoms with Gasteiger partial charge in [0.05, 0.1) is 0 Å². The summed E-state index contributed by atoms with van der Waals surface area (Å²) in [4.78, 5) is 0. The van der Waals surface area contributed by atoms with Crippen molar-refractivity contribution in [2.75, 3.05) is 0 Å². The van der Waals surface area contributed by atoms with E-state index in [1.54, 1.807) is 0 Å². The van der Waals surface area contributed by atoms with E-state index in [4.69, 9.17) is 5.73 Å². The summed E-state index contributed by atoms with van der Waals surface area (Å²) in [6.07, 6.45) is 7.74. The van der Waals surface area contributed by atoms with Crippen molar-refractivity contribution in [3.05, 3.63) is 23.8 Å². The maximum absolute atomic E-state index is 5.69. The second kappa shape index (κ2) is 3.02. The first-order valence-corrected chi connectivity index (χ1v) is 3.84. The Hall–Kier alpha value is -0.560. The van der Waals surface area contributed by atoms with Crippen molar-refractivity contribution in [2.45, 2.75) is 26.3 Å². The number of hydrogen-bond donors (Lipinski definition) is 1.